The number of hydrogen-bond donors (Lipinski definition) is 1. The number of nitrogens with zero attached hydrogens (tertiary/aromatic N) is 1. The van der Waals surface area contributed by atoms with Gasteiger partial charge in [0.25, 0.3) is 0 Å². The van der Waals surface area contributed by atoms with Crippen molar-refractivity contribution in [1.82, 2.24) is 5.32 Å². The third-order valence-electron chi connectivity index (χ3n) is 4.14. The lowest BCUT2D eigenvalue weighted by atomic mass is 10.1. The molecule has 0 radical (unpaired) electrons. The lowest BCUT2D eigenvalue weighted by Crippen LogP contribution is -2.43. The van der Waals surface area contributed by atoms with Gasteiger partial charge in [-0.05, 0) is 44.2 Å². The smallest absolute Gasteiger partial charge is 0.244 e. The first-order valence-corrected chi connectivity index (χ1v) is 7.36. The minimum atomic E-state index is -0.0492. The Morgan fingerprint density at radius 3 is 2.74 bits per heavy atom. The van der Waals surface area contributed by atoms with E-state index in [-0.39, 0.29) is 11.9 Å². The molecule has 1 N–H and O–H groups in total. The second-order valence-electron chi connectivity index (χ2n) is 5.58. The molecule has 4 heteroatoms. The topological polar surface area (TPSA) is 32.3 Å². The molecule has 1 aromatic carbocycles. The van der Waals surface area contributed by atoms with Crippen molar-refractivity contribution in [1.29, 1.82) is 0 Å². The van der Waals surface area contributed by atoms with Gasteiger partial charge in [-0.25, -0.2) is 0 Å². The highest BCUT2D eigenvalue weighted by Gasteiger charge is 2.37. The number of amides is 1. The van der Waals surface area contributed by atoms with Crippen LogP contribution >= 0.6 is 11.6 Å². The van der Waals surface area contributed by atoms with Crippen molar-refractivity contribution in [3.8, 4) is 0 Å². The molecule has 0 spiro atoms. The maximum atomic E-state index is 12.4. The molecule has 1 aliphatic heterocycles. The third kappa shape index (κ3) is 2.63. The van der Waals surface area contributed by atoms with Crippen LogP contribution in [-0.4, -0.2) is 24.5 Å². The molecule has 1 saturated heterocycles. The molecule has 2 aliphatic rings. The van der Waals surface area contributed by atoms with Gasteiger partial charge in [-0.1, -0.05) is 23.7 Å². The largest absolute Gasteiger partial charge is 0.310 e. The van der Waals surface area contributed by atoms with Crippen LogP contribution in [0, 0.1) is 5.92 Å². The van der Waals surface area contributed by atoms with Gasteiger partial charge in [0, 0.05) is 12.6 Å². The first kappa shape index (κ1) is 12.9. The van der Waals surface area contributed by atoms with E-state index in [1.54, 1.807) is 4.90 Å². The van der Waals surface area contributed by atoms with Gasteiger partial charge in [-0.3, -0.25) is 4.79 Å². The minimum absolute atomic E-state index is 0.0492. The minimum Gasteiger partial charge on any atom is -0.310 e. The molecule has 102 valence electrons. The summed E-state index contributed by atoms with van der Waals surface area (Å²) in [5.41, 5.74) is 0.831. The number of rotatable bonds is 4. The van der Waals surface area contributed by atoms with E-state index in [0.29, 0.717) is 11.1 Å². The lowest BCUT2D eigenvalue weighted by molar-refractivity contribution is -0.119. The highest BCUT2D eigenvalue weighted by Crippen LogP contribution is 2.34. The van der Waals surface area contributed by atoms with Crippen molar-refractivity contribution in [3.63, 3.8) is 0 Å². The summed E-state index contributed by atoms with van der Waals surface area (Å²) in [5, 5.41) is 4.12. The van der Waals surface area contributed by atoms with Crippen molar-refractivity contribution in [3.05, 3.63) is 29.3 Å². The van der Waals surface area contributed by atoms with Gasteiger partial charge >= 0.3 is 0 Å². The zero-order valence-electron chi connectivity index (χ0n) is 11.1. The summed E-state index contributed by atoms with van der Waals surface area (Å²) in [4.78, 5) is 14.2. The first-order chi connectivity index (χ1) is 9.16. The van der Waals surface area contributed by atoms with E-state index in [1.807, 2.05) is 24.3 Å². The van der Waals surface area contributed by atoms with Crippen LogP contribution in [-0.2, 0) is 4.79 Å². The van der Waals surface area contributed by atoms with Crippen LogP contribution in [0.4, 0.5) is 5.69 Å². The Hall–Kier alpha value is -1.06. The molecule has 3 rings (SSSR count). The van der Waals surface area contributed by atoms with E-state index in [1.165, 1.54) is 12.8 Å². The number of hydrogen-bond acceptors (Lipinski definition) is 2. The fourth-order valence-electron chi connectivity index (χ4n) is 2.79. The fourth-order valence-corrected chi connectivity index (χ4v) is 3.03. The van der Waals surface area contributed by atoms with Gasteiger partial charge in [0.1, 0.15) is 0 Å². The monoisotopic (exact) mass is 278 g/mol. The van der Waals surface area contributed by atoms with E-state index in [9.17, 15) is 4.79 Å². The van der Waals surface area contributed by atoms with Crippen LogP contribution in [0.1, 0.15) is 26.2 Å². The second-order valence-corrected chi connectivity index (χ2v) is 5.98. The summed E-state index contributed by atoms with van der Waals surface area (Å²) < 4.78 is 0. The standard InChI is InChI=1S/C15H19ClN2O/c1-10(11-6-7-11)17-13-8-9-18(15(13)19)14-5-3-2-4-12(14)16/h2-5,10-11,13,17H,6-9H2,1H3. The van der Waals surface area contributed by atoms with Crippen molar-refractivity contribution in [2.75, 3.05) is 11.4 Å². The Kier molecular flexibility index (Phi) is 3.50. The summed E-state index contributed by atoms with van der Waals surface area (Å²) in [6.45, 7) is 2.93. The number of para-hydroxylation sites is 1. The van der Waals surface area contributed by atoms with E-state index in [4.69, 9.17) is 11.6 Å². The molecular formula is C15H19ClN2O. The van der Waals surface area contributed by atoms with Crippen LogP contribution in [0.5, 0.6) is 0 Å². The summed E-state index contributed by atoms with van der Waals surface area (Å²) in [6.07, 6.45) is 3.45. The summed E-state index contributed by atoms with van der Waals surface area (Å²) >= 11 is 6.17. The van der Waals surface area contributed by atoms with Crippen LogP contribution < -0.4 is 10.2 Å². The molecule has 19 heavy (non-hydrogen) atoms. The Bertz CT molecular complexity index is 487. The summed E-state index contributed by atoms with van der Waals surface area (Å²) in [5.74, 6) is 0.919. The molecule has 1 saturated carbocycles. The van der Waals surface area contributed by atoms with Crippen LogP contribution in [0.3, 0.4) is 0 Å². The van der Waals surface area contributed by atoms with Crippen LogP contribution in [0.25, 0.3) is 0 Å². The lowest BCUT2D eigenvalue weighted by Gasteiger charge is -2.20. The number of nitrogens with one attached hydrogen (secondary N) is 1. The van der Waals surface area contributed by atoms with Crippen LogP contribution in [0.2, 0.25) is 5.02 Å². The third-order valence-corrected chi connectivity index (χ3v) is 4.46. The maximum Gasteiger partial charge on any atom is 0.244 e. The van der Waals surface area contributed by atoms with Crippen molar-refractivity contribution in [2.24, 2.45) is 5.92 Å². The average molecular weight is 279 g/mol. The van der Waals surface area contributed by atoms with E-state index >= 15 is 0 Å². The number of carbonyl (C=O) groups excluding carboxylic acids is 1. The number of benzene rings is 1. The Morgan fingerprint density at radius 1 is 1.32 bits per heavy atom. The molecule has 0 aromatic heterocycles. The van der Waals surface area contributed by atoms with E-state index in [0.717, 1.165) is 24.6 Å². The van der Waals surface area contributed by atoms with Gasteiger partial charge in [0.05, 0.1) is 16.8 Å². The predicted molar refractivity (Wildman–Crippen MR) is 77.5 cm³/mol. The van der Waals surface area contributed by atoms with E-state index < -0.39 is 0 Å². The highest BCUT2D eigenvalue weighted by molar-refractivity contribution is 6.33. The molecule has 1 heterocycles. The number of halogens is 1. The zero-order valence-corrected chi connectivity index (χ0v) is 11.9. The zero-order chi connectivity index (χ0) is 13.4. The van der Waals surface area contributed by atoms with Gasteiger partial charge < -0.3 is 10.2 Å². The van der Waals surface area contributed by atoms with Gasteiger partial charge in [-0.2, -0.15) is 0 Å². The summed E-state index contributed by atoms with van der Waals surface area (Å²) in [7, 11) is 0. The highest BCUT2D eigenvalue weighted by atomic mass is 35.5. The quantitative estimate of drug-likeness (QED) is 0.919. The van der Waals surface area contributed by atoms with Gasteiger partial charge in [0.2, 0.25) is 5.91 Å². The Labute approximate surface area is 118 Å². The Balaban J connectivity index is 1.69. The molecule has 3 nitrogen and oxygen atoms in total. The maximum absolute atomic E-state index is 12.4. The SMILES string of the molecule is CC(NC1CCN(c2ccccc2Cl)C1=O)C1CC1. The first-order valence-electron chi connectivity index (χ1n) is 6.99. The Morgan fingerprint density at radius 2 is 2.05 bits per heavy atom. The predicted octanol–water partition coefficient (Wildman–Crippen LogP) is 2.83. The molecule has 2 unspecified atom stereocenters. The van der Waals surface area contributed by atoms with Gasteiger partial charge in [0.15, 0.2) is 0 Å². The summed E-state index contributed by atoms with van der Waals surface area (Å²) in [6, 6.07) is 7.94. The molecule has 1 aromatic rings. The molecule has 0 bridgehead atoms. The second kappa shape index (κ2) is 5.14. The van der Waals surface area contributed by atoms with Crippen molar-refractivity contribution < 1.29 is 4.79 Å². The van der Waals surface area contributed by atoms with Crippen molar-refractivity contribution >= 4 is 23.2 Å². The average Bonchev–Trinajstić information content (AvgIpc) is 3.18. The van der Waals surface area contributed by atoms with Crippen LogP contribution in [0.15, 0.2) is 24.3 Å². The number of anilines is 1. The molecule has 1 aliphatic carbocycles. The normalized spacial score (nSPS) is 24.8. The molecule has 2 fully saturated rings. The molecular weight excluding hydrogens is 260 g/mol. The fraction of sp³-hybridized carbons (Fsp3) is 0.533. The van der Waals surface area contributed by atoms with Gasteiger partial charge in [-0.15, -0.1) is 0 Å². The molecule has 2 atom stereocenters. The van der Waals surface area contributed by atoms with Crippen molar-refractivity contribution in [2.45, 2.75) is 38.3 Å². The molecule has 1 amide bonds. The number of carbonyl (C=O) groups is 1. The van der Waals surface area contributed by atoms with E-state index in [2.05, 4.69) is 12.2 Å².